The van der Waals surface area contributed by atoms with Gasteiger partial charge in [-0.3, -0.25) is 4.79 Å². The maximum absolute atomic E-state index is 12.1. The highest BCUT2D eigenvalue weighted by Gasteiger charge is 2.39. The Hall–Kier alpha value is -2.04. The molecule has 1 heterocycles. The summed E-state index contributed by atoms with van der Waals surface area (Å²) in [6, 6.07) is 7.42. The number of methoxy groups -OCH3 is 1. The second-order valence-electron chi connectivity index (χ2n) is 5.54. The average Bonchev–Trinajstić information content (AvgIpc) is 2.87. The summed E-state index contributed by atoms with van der Waals surface area (Å²) >= 11 is 0. The van der Waals surface area contributed by atoms with E-state index in [1.165, 1.54) is 7.11 Å². The summed E-state index contributed by atoms with van der Waals surface area (Å²) in [5.41, 5.74) is 2.12. The molecule has 0 N–H and O–H groups in total. The third kappa shape index (κ3) is 3.01. The second-order valence-corrected chi connectivity index (χ2v) is 5.54. The van der Waals surface area contributed by atoms with Crippen LogP contribution in [0.3, 0.4) is 0 Å². The van der Waals surface area contributed by atoms with E-state index in [1.807, 2.05) is 50.2 Å². The van der Waals surface area contributed by atoms with Gasteiger partial charge in [0.1, 0.15) is 6.04 Å². The Morgan fingerprint density at radius 3 is 2.48 bits per heavy atom. The Bertz CT molecular complexity index is 525. The van der Waals surface area contributed by atoms with Crippen LogP contribution in [0.25, 0.3) is 0 Å². The molecule has 0 spiro atoms. The van der Waals surface area contributed by atoms with Gasteiger partial charge in [-0.25, -0.2) is 4.79 Å². The maximum atomic E-state index is 12.1. The van der Waals surface area contributed by atoms with Crippen molar-refractivity contribution < 1.29 is 14.3 Å². The fraction of sp³-hybridized carbons (Fsp3) is 0.500. The lowest BCUT2D eigenvalue weighted by Crippen LogP contribution is -2.40. The molecule has 1 aliphatic rings. The number of benzene rings is 1. The Labute approximate surface area is 125 Å². The van der Waals surface area contributed by atoms with Crippen LogP contribution in [0.15, 0.2) is 24.3 Å². The van der Waals surface area contributed by atoms with Gasteiger partial charge in [-0.2, -0.15) is 0 Å². The van der Waals surface area contributed by atoms with Gasteiger partial charge in [0, 0.05) is 26.2 Å². The van der Waals surface area contributed by atoms with Crippen LogP contribution in [0.2, 0.25) is 0 Å². The number of anilines is 1. The minimum atomic E-state index is -0.467. The van der Waals surface area contributed by atoms with E-state index < -0.39 is 6.04 Å². The van der Waals surface area contributed by atoms with Gasteiger partial charge in [0.2, 0.25) is 5.91 Å². The molecular weight excluding hydrogens is 268 g/mol. The lowest BCUT2D eigenvalue weighted by atomic mass is 10.1. The molecule has 2 unspecified atom stereocenters. The van der Waals surface area contributed by atoms with Crippen LogP contribution in [0.5, 0.6) is 0 Å². The number of carbonyl (C=O) groups is 2. The van der Waals surface area contributed by atoms with Crippen LogP contribution in [0, 0.1) is 0 Å². The number of carbonyl (C=O) groups excluding carboxylic acids is 2. The molecule has 21 heavy (non-hydrogen) atoms. The number of esters is 1. The lowest BCUT2D eigenvalue weighted by Gasteiger charge is -2.30. The van der Waals surface area contributed by atoms with Gasteiger partial charge in [0.15, 0.2) is 0 Å². The van der Waals surface area contributed by atoms with Crippen molar-refractivity contribution in [3.05, 3.63) is 29.8 Å². The molecule has 2 rings (SSSR count). The van der Waals surface area contributed by atoms with Gasteiger partial charge >= 0.3 is 5.97 Å². The first kappa shape index (κ1) is 15.4. The summed E-state index contributed by atoms with van der Waals surface area (Å²) in [4.78, 5) is 27.6. The van der Waals surface area contributed by atoms with E-state index in [4.69, 9.17) is 4.74 Å². The first-order valence-electron chi connectivity index (χ1n) is 7.12. The predicted molar refractivity (Wildman–Crippen MR) is 81.1 cm³/mol. The van der Waals surface area contributed by atoms with E-state index in [0.717, 1.165) is 11.3 Å². The zero-order chi connectivity index (χ0) is 15.6. The first-order valence-corrected chi connectivity index (χ1v) is 7.12. The second kappa shape index (κ2) is 6.16. The maximum Gasteiger partial charge on any atom is 0.328 e. The van der Waals surface area contributed by atoms with Crippen molar-refractivity contribution in [2.75, 3.05) is 26.1 Å². The molecule has 5 nitrogen and oxygen atoms in total. The number of hydrogen-bond acceptors (Lipinski definition) is 4. The number of hydrogen-bond donors (Lipinski definition) is 0. The standard InChI is InChI=1S/C16H22N2O3/c1-11(12-5-7-13(8-6-12)17(2)3)18-14(16(20)21-4)9-10-15(18)19/h5-8,11,14H,9-10H2,1-4H3. The molecular formula is C16H22N2O3. The highest BCUT2D eigenvalue weighted by Crippen LogP contribution is 2.31. The number of rotatable bonds is 4. The van der Waals surface area contributed by atoms with Crippen molar-refractivity contribution in [2.24, 2.45) is 0 Å². The minimum absolute atomic E-state index is 0.00888. The van der Waals surface area contributed by atoms with Crippen molar-refractivity contribution in [3.8, 4) is 0 Å². The third-order valence-corrected chi connectivity index (χ3v) is 4.04. The van der Waals surface area contributed by atoms with Gasteiger partial charge in [0.05, 0.1) is 13.2 Å². The van der Waals surface area contributed by atoms with Gasteiger partial charge in [-0.15, -0.1) is 0 Å². The van der Waals surface area contributed by atoms with E-state index >= 15 is 0 Å². The molecule has 1 aliphatic heterocycles. The first-order chi connectivity index (χ1) is 9.95. The van der Waals surface area contributed by atoms with Crippen LogP contribution in [0.4, 0.5) is 5.69 Å². The van der Waals surface area contributed by atoms with Crippen LogP contribution in [-0.2, 0) is 14.3 Å². The molecule has 0 saturated carbocycles. The summed E-state index contributed by atoms with van der Waals surface area (Å²) in [6.45, 7) is 1.95. The largest absolute Gasteiger partial charge is 0.467 e. The van der Waals surface area contributed by atoms with Gasteiger partial charge in [-0.1, -0.05) is 12.1 Å². The molecule has 5 heteroatoms. The van der Waals surface area contributed by atoms with Crippen LogP contribution < -0.4 is 4.90 Å². The fourth-order valence-corrected chi connectivity index (χ4v) is 2.77. The van der Waals surface area contributed by atoms with E-state index in [-0.39, 0.29) is 17.9 Å². The van der Waals surface area contributed by atoms with E-state index in [2.05, 4.69) is 0 Å². The molecule has 1 saturated heterocycles. The van der Waals surface area contributed by atoms with E-state index in [1.54, 1.807) is 4.90 Å². The highest BCUT2D eigenvalue weighted by atomic mass is 16.5. The predicted octanol–water partition coefficient (Wildman–Crippen LogP) is 1.98. The summed E-state index contributed by atoms with van der Waals surface area (Å²) in [7, 11) is 5.32. The van der Waals surface area contributed by atoms with Crippen molar-refractivity contribution >= 4 is 17.6 Å². The molecule has 2 atom stereocenters. The topological polar surface area (TPSA) is 49.9 Å². The van der Waals surface area contributed by atoms with Crippen LogP contribution >= 0.6 is 0 Å². The van der Waals surface area contributed by atoms with Gasteiger partial charge in [-0.05, 0) is 31.0 Å². The monoisotopic (exact) mass is 290 g/mol. The van der Waals surface area contributed by atoms with Crippen molar-refractivity contribution in [3.63, 3.8) is 0 Å². The lowest BCUT2D eigenvalue weighted by molar-refractivity contribution is -0.150. The molecule has 1 amide bonds. The molecule has 1 fully saturated rings. The Morgan fingerprint density at radius 1 is 1.33 bits per heavy atom. The SMILES string of the molecule is COC(=O)C1CCC(=O)N1C(C)c1ccc(N(C)C)cc1. The summed E-state index contributed by atoms with van der Waals surface area (Å²) in [5.74, 6) is -0.327. The zero-order valence-corrected chi connectivity index (χ0v) is 13.0. The molecule has 0 bridgehead atoms. The Morgan fingerprint density at radius 2 is 1.95 bits per heavy atom. The Balaban J connectivity index is 2.22. The normalized spacial score (nSPS) is 19.5. The number of nitrogens with zero attached hydrogens (tertiary/aromatic N) is 2. The zero-order valence-electron chi connectivity index (χ0n) is 13.0. The summed E-state index contributed by atoms with van der Waals surface area (Å²) in [5, 5.41) is 0. The minimum Gasteiger partial charge on any atom is -0.467 e. The molecule has 0 aliphatic carbocycles. The van der Waals surface area contributed by atoms with Gasteiger partial charge in [0.25, 0.3) is 0 Å². The Kier molecular flexibility index (Phi) is 4.50. The van der Waals surface area contributed by atoms with Crippen molar-refractivity contribution in [2.45, 2.75) is 31.8 Å². The number of likely N-dealkylation sites (tertiary alicyclic amines) is 1. The number of ether oxygens (including phenoxy) is 1. The molecule has 0 aromatic heterocycles. The number of amides is 1. The van der Waals surface area contributed by atoms with E-state index in [9.17, 15) is 9.59 Å². The van der Waals surface area contributed by atoms with Crippen molar-refractivity contribution in [1.29, 1.82) is 0 Å². The highest BCUT2D eigenvalue weighted by molar-refractivity contribution is 5.88. The molecule has 114 valence electrons. The molecule has 0 radical (unpaired) electrons. The average molecular weight is 290 g/mol. The summed E-state index contributed by atoms with van der Waals surface area (Å²) < 4.78 is 4.81. The molecule has 1 aromatic rings. The third-order valence-electron chi connectivity index (χ3n) is 4.04. The van der Waals surface area contributed by atoms with E-state index in [0.29, 0.717) is 12.8 Å². The molecule has 1 aromatic carbocycles. The fourth-order valence-electron chi connectivity index (χ4n) is 2.77. The van der Waals surface area contributed by atoms with Crippen molar-refractivity contribution in [1.82, 2.24) is 4.90 Å². The van der Waals surface area contributed by atoms with Crippen LogP contribution in [-0.4, -0.2) is 44.0 Å². The van der Waals surface area contributed by atoms with Gasteiger partial charge < -0.3 is 14.5 Å². The van der Waals surface area contributed by atoms with Crippen LogP contribution in [0.1, 0.15) is 31.4 Å². The smallest absolute Gasteiger partial charge is 0.328 e. The summed E-state index contributed by atoms with van der Waals surface area (Å²) in [6.07, 6.45) is 0.936. The quantitative estimate of drug-likeness (QED) is 0.796.